The van der Waals surface area contributed by atoms with Crippen LogP contribution in [0.4, 0.5) is 17.1 Å². The zero-order valence-corrected chi connectivity index (χ0v) is 14.3. The Bertz CT molecular complexity index is 797. The number of nitro benzene ring substituents is 1. The molecule has 0 aliphatic heterocycles. The van der Waals surface area contributed by atoms with Crippen LogP contribution in [0.3, 0.4) is 0 Å². The van der Waals surface area contributed by atoms with E-state index < -0.39 is 4.92 Å². The summed E-state index contributed by atoms with van der Waals surface area (Å²) in [6.07, 6.45) is 0. The van der Waals surface area contributed by atoms with Gasteiger partial charge in [0.2, 0.25) is 5.91 Å². The molecule has 2 rings (SSSR count). The van der Waals surface area contributed by atoms with Gasteiger partial charge in [0.1, 0.15) is 11.5 Å². The standard InChI is InChI=1S/C16H16ClN3O5/c1-24-14-8-13(15(25-2)7-12(14)17)18-9-16(21)19-10-4-3-5-11(6-10)20(22)23/h3-8,18H,9H2,1-2H3,(H,19,21). The van der Waals surface area contributed by atoms with Gasteiger partial charge in [-0.2, -0.15) is 0 Å². The maximum atomic E-state index is 12.0. The first kappa shape index (κ1) is 18.3. The lowest BCUT2D eigenvalue weighted by Gasteiger charge is -2.14. The summed E-state index contributed by atoms with van der Waals surface area (Å²) < 4.78 is 10.3. The number of ether oxygens (including phenoxy) is 2. The van der Waals surface area contributed by atoms with E-state index in [1.54, 1.807) is 18.2 Å². The predicted octanol–water partition coefficient (Wildman–Crippen LogP) is 3.32. The van der Waals surface area contributed by atoms with Gasteiger partial charge in [-0.25, -0.2) is 0 Å². The highest BCUT2D eigenvalue weighted by Crippen LogP contribution is 2.35. The maximum Gasteiger partial charge on any atom is 0.271 e. The summed E-state index contributed by atoms with van der Waals surface area (Å²) in [5, 5.41) is 16.6. The summed E-state index contributed by atoms with van der Waals surface area (Å²) in [7, 11) is 2.96. The lowest BCUT2D eigenvalue weighted by molar-refractivity contribution is -0.384. The smallest absolute Gasteiger partial charge is 0.271 e. The van der Waals surface area contributed by atoms with E-state index in [-0.39, 0.29) is 18.1 Å². The fraction of sp³-hybridized carbons (Fsp3) is 0.188. The quantitative estimate of drug-likeness (QED) is 0.576. The molecule has 0 aliphatic rings. The second-order valence-electron chi connectivity index (χ2n) is 4.90. The van der Waals surface area contributed by atoms with Gasteiger partial charge in [-0.05, 0) is 6.07 Å². The molecule has 132 valence electrons. The number of hydrogen-bond donors (Lipinski definition) is 2. The normalized spacial score (nSPS) is 10.0. The van der Waals surface area contributed by atoms with Gasteiger partial charge < -0.3 is 20.1 Å². The Hall–Kier alpha value is -3.00. The summed E-state index contributed by atoms with van der Waals surface area (Å²) in [5.74, 6) is 0.509. The second kappa shape index (κ2) is 8.20. The van der Waals surface area contributed by atoms with Crippen LogP contribution in [0.15, 0.2) is 36.4 Å². The number of hydrogen-bond acceptors (Lipinski definition) is 6. The minimum absolute atomic E-state index is 0.0795. The van der Waals surface area contributed by atoms with E-state index in [9.17, 15) is 14.9 Å². The molecule has 0 aromatic heterocycles. The van der Waals surface area contributed by atoms with Crippen LogP contribution in [0, 0.1) is 10.1 Å². The van der Waals surface area contributed by atoms with Crippen LogP contribution in [0.2, 0.25) is 5.02 Å². The molecule has 0 saturated carbocycles. The Morgan fingerprint density at radius 3 is 2.56 bits per heavy atom. The molecule has 2 aromatic carbocycles. The molecule has 2 aromatic rings. The SMILES string of the molecule is COc1cc(NCC(=O)Nc2cccc([N+](=O)[O-])c2)c(OC)cc1Cl. The number of nitrogens with one attached hydrogen (secondary N) is 2. The molecule has 0 spiro atoms. The third kappa shape index (κ3) is 4.74. The predicted molar refractivity (Wildman–Crippen MR) is 94.8 cm³/mol. The van der Waals surface area contributed by atoms with Gasteiger partial charge >= 0.3 is 0 Å². The Labute approximate surface area is 148 Å². The van der Waals surface area contributed by atoms with E-state index in [2.05, 4.69) is 10.6 Å². The van der Waals surface area contributed by atoms with E-state index in [1.165, 1.54) is 32.4 Å². The summed E-state index contributed by atoms with van der Waals surface area (Å²) in [6, 6.07) is 8.87. The zero-order chi connectivity index (χ0) is 18.4. The van der Waals surface area contributed by atoms with Crippen molar-refractivity contribution >= 4 is 34.6 Å². The number of benzene rings is 2. The topological polar surface area (TPSA) is 103 Å². The van der Waals surface area contributed by atoms with E-state index in [0.29, 0.717) is 27.9 Å². The van der Waals surface area contributed by atoms with Crippen molar-refractivity contribution in [2.75, 3.05) is 31.4 Å². The second-order valence-corrected chi connectivity index (χ2v) is 5.30. The highest BCUT2D eigenvalue weighted by Gasteiger charge is 2.12. The number of methoxy groups -OCH3 is 2. The number of halogens is 1. The Morgan fingerprint density at radius 1 is 1.20 bits per heavy atom. The summed E-state index contributed by atoms with van der Waals surface area (Å²) in [5.41, 5.74) is 0.759. The van der Waals surface area contributed by atoms with Gasteiger partial charge in [0.05, 0.1) is 36.4 Å². The summed E-state index contributed by atoms with van der Waals surface area (Å²) in [4.78, 5) is 22.3. The van der Waals surface area contributed by atoms with Crippen molar-refractivity contribution in [3.63, 3.8) is 0 Å². The molecule has 0 unspecified atom stereocenters. The fourth-order valence-corrected chi connectivity index (χ4v) is 2.31. The molecule has 8 nitrogen and oxygen atoms in total. The first-order valence-corrected chi connectivity index (χ1v) is 7.52. The monoisotopic (exact) mass is 365 g/mol. The number of anilines is 2. The van der Waals surface area contributed by atoms with Gasteiger partial charge in [-0.15, -0.1) is 0 Å². The molecule has 0 radical (unpaired) electrons. The summed E-state index contributed by atoms with van der Waals surface area (Å²) >= 11 is 6.02. The number of nitro groups is 1. The van der Waals surface area contributed by atoms with E-state index in [1.807, 2.05) is 0 Å². The highest BCUT2D eigenvalue weighted by molar-refractivity contribution is 6.32. The first-order chi connectivity index (χ1) is 11.9. The van der Waals surface area contributed by atoms with Crippen LogP contribution in [-0.2, 0) is 4.79 Å². The maximum absolute atomic E-state index is 12.0. The fourth-order valence-electron chi connectivity index (χ4n) is 2.08. The van der Waals surface area contributed by atoms with Crippen LogP contribution in [0.25, 0.3) is 0 Å². The Kier molecular flexibility index (Phi) is 6.02. The van der Waals surface area contributed by atoms with Crippen molar-refractivity contribution in [3.8, 4) is 11.5 Å². The minimum atomic E-state index is -0.529. The molecular formula is C16H16ClN3O5. The van der Waals surface area contributed by atoms with E-state index in [0.717, 1.165) is 0 Å². The number of non-ortho nitro benzene ring substituents is 1. The molecular weight excluding hydrogens is 350 g/mol. The van der Waals surface area contributed by atoms with E-state index in [4.69, 9.17) is 21.1 Å². The Balaban J connectivity index is 2.05. The molecule has 0 heterocycles. The number of rotatable bonds is 7. The number of carbonyl (C=O) groups excluding carboxylic acids is 1. The van der Waals surface area contributed by atoms with Crippen molar-refractivity contribution < 1.29 is 19.2 Å². The molecule has 25 heavy (non-hydrogen) atoms. The molecule has 0 aliphatic carbocycles. The zero-order valence-electron chi connectivity index (χ0n) is 13.5. The van der Waals surface area contributed by atoms with Crippen LogP contribution < -0.4 is 20.1 Å². The van der Waals surface area contributed by atoms with Crippen LogP contribution >= 0.6 is 11.6 Å². The van der Waals surface area contributed by atoms with Gasteiger partial charge in [0.25, 0.3) is 5.69 Å². The molecule has 2 N–H and O–H groups in total. The number of amides is 1. The molecule has 0 saturated heterocycles. The lowest BCUT2D eigenvalue weighted by atomic mass is 10.2. The van der Waals surface area contributed by atoms with Gasteiger partial charge in [0, 0.05) is 30.0 Å². The van der Waals surface area contributed by atoms with Gasteiger partial charge in [0.15, 0.2) is 0 Å². The summed E-state index contributed by atoms with van der Waals surface area (Å²) in [6.45, 7) is -0.0795. The molecule has 0 fully saturated rings. The van der Waals surface area contributed by atoms with Gasteiger partial charge in [-0.1, -0.05) is 17.7 Å². The highest BCUT2D eigenvalue weighted by atomic mass is 35.5. The van der Waals surface area contributed by atoms with Crippen molar-refractivity contribution in [2.45, 2.75) is 0 Å². The molecule has 1 amide bonds. The van der Waals surface area contributed by atoms with E-state index >= 15 is 0 Å². The third-order valence-corrected chi connectivity index (χ3v) is 3.55. The lowest BCUT2D eigenvalue weighted by Crippen LogP contribution is -2.22. The van der Waals surface area contributed by atoms with Crippen molar-refractivity contribution in [1.29, 1.82) is 0 Å². The van der Waals surface area contributed by atoms with Crippen LogP contribution in [0.5, 0.6) is 11.5 Å². The average molecular weight is 366 g/mol. The Morgan fingerprint density at radius 2 is 1.92 bits per heavy atom. The van der Waals surface area contributed by atoms with Gasteiger partial charge in [-0.3, -0.25) is 14.9 Å². The number of carbonyl (C=O) groups is 1. The van der Waals surface area contributed by atoms with Crippen molar-refractivity contribution in [1.82, 2.24) is 0 Å². The van der Waals surface area contributed by atoms with Crippen LogP contribution in [-0.4, -0.2) is 31.6 Å². The average Bonchev–Trinajstić information content (AvgIpc) is 2.60. The molecule has 0 atom stereocenters. The van der Waals surface area contributed by atoms with Crippen molar-refractivity contribution in [2.24, 2.45) is 0 Å². The third-order valence-electron chi connectivity index (χ3n) is 3.25. The van der Waals surface area contributed by atoms with Crippen LogP contribution in [0.1, 0.15) is 0 Å². The minimum Gasteiger partial charge on any atom is -0.495 e. The first-order valence-electron chi connectivity index (χ1n) is 7.14. The molecule has 9 heteroatoms. The largest absolute Gasteiger partial charge is 0.495 e. The molecule has 0 bridgehead atoms. The number of nitrogens with zero attached hydrogens (tertiary/aromatic N) is 1. The van der Waals surface area contributed by atoms with Crippen molar-refractivity contribution in [3.05, 3.63) is 51.5 Å².